The summed E-state index contributed by atoms with van der Waals surface area (Å²) in [5.74, 6) is 0. The highest BCUT2D eigenvalue weighted by Crippen LogP contribution is 2.58. The molecule has 0 saturated carbocycles. The van der Waals surface area contributed by atoms with Gasteiger partial charge in [0.15, 0.2) is 5.58 Å². The molecule has 0 spiro atoms. The van der Waals surface area contributed by atoms with Gasteiger partial charge >= 0.3 is 0 Å². The summed E-state index contributed by atoms with van der Waals surface area (Å²) in [5, 5.41) is 2.22. The van der Waals surface area contributed by atoms with Crippen molar-refractivity contribution in [2.75, 3.05) is 4.90 Å². The lowest BCUT2D eigenvalue weighted by Gasteiger charge is -2.46. The Hall–Kier alpha value is -7.88. The summed E-state index contributed by atoms with van der Waals surface area (Å²) < 4.78 is 8.82. The largest absolute Gasteiger partial charge is 0.454 e. The maximum atomic E-state index is 6.47. The second kappa shape index (κ2) is 13.6. The normalized spacial score (nSPS) is 13.1. The molecule has 282 valence electrons. The number of nitrogens with zero attached hydrogens (tertiary/aromatic N) is 2. The van der Waals surface area contributed by atoms with Gasteiger partial charge in [0.05, 0.1) is 22.3 Å². The number of fused-ring (bicyclic) bond motifs is 7. The lowest BCUT2D eigenvalue weighted by atomic mass is 9.62. The highest BCUT2D eigenvalue weighted by molar-refractivity contribution is 6.16. The third-order valence-corrected chi connectivity index (χ3v) is 12.5. The summed E-state index contributed by atoms with van der Waals surface area (Å²) >= 11 is 0. The van der Waals surface area contributed by atoms with E-state index in [1.165, 1.54) is 33.4 Å². The van der Waals surface area contributed by atoms with E-state index >= 15 is 0 Å². The van der Waals surface area contributed by atoms with Crippen LogP contribution in [0.5, 0.6) is 0 Å². The van der Waals surface area contributed by atoms with E-state index in [1.54, 1.807) is 0 Å². The molecule has 0 amide bonds. The molecule has 2 aromatic heterocycles. The second-order valence-corrected chi connectivity index (χ2v) is 15.7. The van der Waals surface area contributed by atoms with E-state index in [4.69, 9.17) is 4.42 Å². The maximum absolute atomic E-state index is 6.47. The molecule has 0 N–H and O–H groups in total. The summed E-state index contributed by atoms with van der Waals surface area (Å²) in [6.45, 7) is 0. The zero-order valence-electron chi connectivity index (χ0n) is 32.7. The Balaban J connectivity index is 1.06. The lowest BCUT2D eigenvalue weighted by molar-refractivity contribution is 0.673. The van der Waals surface area contributed by atoms with Crippen molar-refractivity contribution in [1.82, 2.24) is 4.57 Å². The number of furan rings is 1. The van der Waals surface area contributed by atoms with Crippen LogP contribution in [0, 0.1) is 0 Å². The van der Waals surface area contributed by atoms with E-state index in [1.807, 2.05) is 6.07 Å². The zero-order chi connectivity index (χ0) is 39.6. The maximum Gasteiger partial charge on any atom is 0.161 e. The van der Waals surface area contributed by atoms with Gasteiger partial charge < -0.3 is 13.9 Å². The van der Waals surface area contributed by atoms with Crippen molar-refractivity contribution in [3.63, 3.8) is 0 Å². The molecule has 0 radical (unpaired) electrons. The van der Waals surface area contributed by atoms with Gasteiger partial charge in [-0.2, -0.15) is 0 Å². The molecule has 1 aliphatic heterocycles. The third-order valence-electron chi connectivity index (χ3n) is 12.5. The number of rotatable bonds is 6. The van der Waals surface area contributed by atoms with Crippen molar-refractivity contribution in [3.05, 3.63) is 253 Å². The molecule has 0 saturated heterocycles. The van der Waals surface area contributed by atoms with Crippen molar-refractivity contribution in [1.29, 1.82) is 0 Å². The molecule has 12 rings (SSSR count). The van der Waals surface area contributed by atoms with Crippen molar-refractivity contribution >= 4 is 50.0 Å². The van der Waals surface area contributed by atoms with Gasteiger partial charge in [0.1, 0.15) is 11.1 Å². The molecule has 0 bridgehead atoms. The van der Waals surface area contributed by atoms with E-state index in [-0.39, 0.29) is 0 Å². The SMILES string of the molecule is c1ccc(-c2ccc(N3c4ccccc4C(c4ccccc4)(c4ccccc4)c4ccc(-c5ccc(-n6c7ccccc7c7oc8ccccc8c76)cc5)cc43)cc2)cc1. The van der Waals surface area contributed by atoms with E-state index in [2.05, 4.69) is 234 Å². The molecule has 9 aromatic carbocycles. The molecule has 60 heavy (non-hydrogen) atoms. The first-order valence-corrected chi connectivity index (χ1v) is 20.6. The Bertz CT molecular complexity index is 3300. The van der Waals surface area contributed by atoms with Gasteiger partial charge in [-0.05, 0) is 105 Å². The van der Waals surface area contributed by atoms with Crippen molar-refractivity contribution < 1.29 is 4.42 Å². The fourth-order valence-electron chi connectivity index (χ4n) is 9.84. The van der Waals surface area contributed by atoms with Crippen LogP contribution in [0.4, 0.5) is 17.1 Å². The summed E-state index contributed by atoms with van der Waals surface area (Å²) in [6.07, 6.45) is 0. The zero-order valence-corrected chi connectivity index (χ0v) is 32.7. The molecule has 0 atom stereocenters. The van der Waals surface area contributed by atoms with Gasteiger partial charge in [-0.25, -0.2) is 0 Å². The quantitative estimate of drug-likeness (QED) is 0.168. The van der Waals surface area contributed by atoms with Crippen LogP contribution in [-0.2, 0) is 5.41 Å². The molecule has 3 nitrogen and oxygen atoms in total. The van der Waals surface area contributed by atoms with Crippen molar-refractivity contribution in [2.45, 2.75) is 5.41 Å². The number of benzene rings is 9. The predicted octanol–water partition coefficient (Wildman–Crippen LogP) is 15.0. The topological polar surface area (TPSA) is 21.3 Å². The van der Waals surface area contributed by atoms with Gasteiger partial charge in [-0.3, -0.25) is 0 Å². The first-order valence-electron chi connectivity index (χ1n) is 20.6. The summed E-state index contributed by atoms with van der Waals surface area (Å²) in [6, 6.07) is 83.6. The van der Waals surface area contributed by atoms with Gasteiger partial charge in [0.25, 0.3) is 0 Å². The second-order valence-electron chi connectivity index (χ2n) is 15.7. The lowest BCUT2D eigenvalue weighted by Crippen LogP contribution is -2.37. The summed E-state index contributed by atoms with van der Waals surface area (Å²) in [4.78, 5) is 2.47. The molecular weight excluding hydrogens is 729 g/mol. The average molecular weight is 767 g/mol. The minimum atomic E-state index is -0.564. The Morgan fingerprint density at radius 3 is 1.60 bits per heavy atom. The van der Waals surface area contributed by atoms with Gasteiger partial charge in [0.2, 0.25) is 0 Å². The number of aromatic nitrogens is 1. The van der Waals surface area contributed by atoms with Crippen LogP contribution in [0.1, 0.15) is 22.3 Å². The van der Waals surface area contributed by atoms with Crippen LogP contribution in [0.3, 0.4) is 0 Å². The Labute approximate surface area is 348 Å². The van der Waals surface area contributed by atoms with E-state index in [0.29, 0.717) is 0 Å². The van der Waals surface area contributed by atoms with Crippen LogP contribution in [-0.4, -0.2) is 4.57 Å². The van der Waals surface area contributed by atoms with E-state index in [9.17, 15) is 0 Å². The fourth-order valence-corrected chi connectivity index (χ4v) is 9.84. The summed E-state index contributed by atoms with van der Waals surface area (Å²) in [5.41, 5.74) is 17.6. The van der Waals surface area contributed by atoms with Crippen LogP contribution in [0.25, 0.3) is 60.9 Å². The molecule has 11 aromatic rings. The van der Waals surface area contributed by atoms with Gasteiger partial charge in [0, 0.05) is 22.1 Å². The number of hydrogen-bond donors (Lipinski definition) is 0. The Morgan fingerprint density at radius 2 is 0.883 bits per heavy atom. The van der Waals surface area contributed by atoms with Gasteiger partial charge in [-0.1, -0.05) is 170 Å². The first kappa shape index (κ1) is 34.2. The van der Waals surface area contributed by atoms with Gasteiger partial charge in [-0.15, -0.1) is 0 Å². The third kappa shape index (κ3) is 5.09. The minimum Gasteiger partial charge on any atom is -0.454 e. The van der Waals surface area contributed by atoms with E-state index in [0.717, 1.165) is 66.8 Å². The van der Waals surface area contributed by atoms with Crippen LogP contribution in [0.15, 0.2) is 235 Å². The van der Waals surface area contributed by atoms with Crippen LogP contribution >= 0.6 is 0 Å². The standard InChI is InChI=1S/C57H38N2O/c1-4-16-39(17-5-1)40-28-33-45(34-29-40)58-52-26-14-12-24-49(52)57(43-18-6-2-7-19-43,44-20-8-3-9-21-44)50-37-32-42(38-53(50)58)41-30-35-46(36-31-41)59-51-25-13-10-22-47(51)56-55(59)48-23-11-15-27-54(48)60-56/h1-38H. The summed E-state index contributed by atoms with van der Waals surface area (Å²) in [7, 11) is 0. The molecule has 3 heterocycles. The molecule has 3 heteroatoms. The van der Waals surface area contributed by atoms with Crippen molar-refractivity contribution in [2.24, 2.45) is 0 Å². The molecule has 0 unspecified atom stereocenters. The van der Waals surface area contributed by atoms with E-state index < -0.39 is 5.41 Å². The minimum absolute atomic E-state index is 0.564. The number of para-hydroxylation sites is 3. The van der Waals surface area contributed by atoms with Crippen molar-refractivity contribution in [3.8, 4) is 27.9 Å². The Morgan fingerprint density at radius 1 is 0.367 bits per heavy atom. The number of anilines is 3. The molecule has 1 aliphatic rings. The number of hydrogen-bond acceptors (Lipinski definition) is 2. The van der Waals surface area contributed by atoms with Crippen LogP contribution in [0.2, 0.25) is 0 Å². The monoisotopic (exact) mass is 766 g/mol. The van der Waals surface area contributed by atoms with Crippen LogP contribution < -0.4 is 4.90 Å². The highest BCUT2D eigenvalue weighted by Gasteiger charge is 2.46. The Kier molecular flexibility index (Phi) is 7.76. The highest BCUT2D eigenvalue weighted by atomic mass is 16.3. The first-order chi connectivity index (χ1) is 29.8. The predicted molar refractivity (Wildman–Crippen MR) is 248 cm³/mol. The molecule has 0 aliphatic carbocycles. The smallest absolute Gasteiger partial charge is 0.161 e. The molecular formula is C57H38N2O. The molecule has 0 fully saturated rings. The average Bonchev–Trinajstić information content (AvgIpc) is 3.86. The fraction of sp³-hybridized carbons (Fsp3) is 0.0175.